The molecule has 1 aromatic heterocycles. The van der Waals surface area contributed by atoms with Crippen LogP contribution in [-0.4, -0.2) is 28.2 Å². The van der Waals surface area contributed by atoms with Gasteiger partial charge in [0.15, 0.2) is 23.1 Å². The van der Waals surface area contributed by atoms with Crippen LogP contribution in [-0.2, 0) is 0 Å². The first-order chi connectivity index (χ1) is 9.86. The Morgan fingerprint density at radius 1 is 1.48 bits per heavy atom. The van der Waals surface area contributed by atoms with Gasteiger partial charge in [-0.1, -0.05) is 11.6 Å². The average Bonchev–Trinajstić information content (AvgIpc) is 2.42. The van der Waals surface area contributed by atoms with Gasteiger partial charge < -0.3 is 15.6 Å². The molecule has 0 bridgehead atoms. The summed E-state index contributed by atoms with van der Waals surface area (Å²) in [5.74, 6) is -2.61. The Bertz CT molecular complexity index is 742. The van der Waals surface area contributed by atoms with E-state index in [4.69, 9.17) is 27.2 Å². The van der Waals surface area contributed by atoms with Crippen molar-refractivity contribution in [3.63, 3.8) is 0 Å². The van der Waals surface area contributed by atoms with Crippen LogP contribution in [0.3, 0.4) is 0 Å². The average molecular weight is 377 g/mol. The molecule has 9 heteroatoms. The summed E-state index contributed by atoms with van der Waals surface area (Å²) in [6.07, 6.45) is 0. The van der Waals surface area contributed by atoms with Gasteiger partial charge in [0.05, 0.1) is 22.2 Å². The van der Waals surface area contributed by atoms with Crippen LogP contribution in [0.2, 0.25) is 5.02 Å². The lowest BCUT2D eigenvalue weighted by atomic mass is 10.1. The molecule has 1 heterocycles. The Balaban J connectivity index is 2.71. The highest BCUT2D eigenvalue weighted by Crippen LogP contribution is 2.34. The van der Waals surface area contributed by atoms with Gasteiger partial charge in [-0.25, -0.2) is 19.2 Å². The monoisotopic (exact) mass is 375 g/mol. The number of aromatic nitrogens is 2. The summed E-state index contributed by atoms with van der Waals surface area (Å²) in [5.41, 5.74) is 5.17. The zero-order chi connectivity index (χ0) is 15.7. The molecule has 0 aliphatic heterocycles. The van der Waals surface area contributed by atoms with Crippen LogP contribution in [0, 0.1) is 5.82 Å². The highest BCUT2D eigenvalue weighted by molar-refractivity contribution is 9.10. The summed E-state index contributed by atoms with van der Waals surface area (Å²) in [6, 6.07) is 2.70. The highest BCUT2D eigenvalue weighted by Gasteiger charge is 2.21. The minimum absolute atomic E-state index is 0.0279. The normalized spacial score (nSPS) is 10.5. The third-order valence-electron chi connectivity index (χ3n) is 2.57. The van der Waals surface area contributed by atoms with Crippen molar-refractivity contribution in [2.75, 3.05) is 12.8 Å². The van der Waals surface area contributed by atoms with Gasteiger partial charge in [0, 0.05) is 0 Å². The SMILES string of the molecule is COc1c(Cl)ccc(-c2nc(N)c(Br)c(C(=O)O)n2)c1F. The minimum Gasteiger partial charge on any atom is -0.492 e. The fourth-order valence-electron chi connectivity index (χ4n) is 1.62. The van der Waals surface area contributed by atoms with E-state index in [0.717, 1.165) is 0 Å². The molecule has 0 aliphatic carbocycles. The number of carboxylic acid groups (broad SMARTS) is 1. The van der Waals surface area contributed by atoms with Gasteiger partial charge in [-0.3, -0.25) is 0 Å². The molecule has 2 aromatic rings. The van der Waals surface area contributed by atoms with E-state index in [0.29, 0.717) is 0 Å². The van der Waals surface area contributed by atoms with Crippen molar-refractivity contribution in [2.45, 2.75) is 0 Å². The van der Waals surface area contributed by atoms with Gasteiger partial charge in [0.25, 0.3) is 0 Å². The molecule has 0 spiro atoms. The number of methoxy groups -OCH3 is 1. The Labute approximate surface area is 131 Å². The largest absolute Gasteiger partial charge is 0.492 e. The lowest BCUT2D eigenvalue weighted by Gasteiger charge is -2.10. The van der Waals surface area contributed by atoms with Crippen molar-refractivity contribution in [3.8, 4) is 17.1 Å². The van der Waals surface area contributed by atoms with Crippen LogP contribution in [0.5, 0.6) is 5.75 Å². The lowest BCUT2D eigenvalue weighted by Crippen LogP contribution is -2.08. The number of carbonyl (C=O) groups is 1. The number of nitrogens with two attached hydrogens (primary N) is 1. The smallest absolute Gasteiger partial charge is 0.355 e. The van der Waals surface area contributed by atoms with E-state index >= 15 is 0 Å². The van der Waals surface area contributed by atoms with Gasteiger partial charge in [-0.2, -0.15) is 0 Å². The van der Waals surface area contributed by atoms with Crippen LogP contribution in [0.4, 0.5) is 10.2 Å². The maximum absolute atomic E-state index is 14.3. The van der Waals surface area contributed by atoms with Crippen molar-refractivity contribution in [1.82, 2.24) is 9.97 Å². The number of nitrogen functional groups attached to an aromatic ring is 1. The molecular formula is C12H8BrClFN3O3. The van der Waals surface area contributed by atoms with E-state index < -0.39 is 11.8 Å². The third-order valence-corrected chi connectivity index (χ3v) is 3.65. The number of ether oxygens (including phenoxy) is 1. The van der Waals surface area contributed by atoms with E-state index in [2.05, 4.69) is 25.9 Å². The molecule has 21 heavy (non-hydrogen) atoms. The molecule has 3 N–H and O–H groups in total. The van der Waals surface area contributed by atoms with E-state index in [1.807, 2.05) is 0 Å². The zero-order valence-electron chi connectivity index (χ0n) is 10.5. The molecule has 0 atom stereocenters. The van der Waals surface area contributed by atoms with E-state index in [1.54, 1.807) is 0 Å². The van der Waals surface area contributed by atoms with Crippen molar-refractivity contribution >= 4 is 39.3 Å². The first-order valence-corrected chi connectivity index (χ1v) is 6.62. The standard InChI is InChI=1S/C12H8BrClFN3O3/c1-21-9-5(14)3-2-4(7(9)15)11-17-8(12(19)20)6(13)10(16)18-11/h2-3H,1H3,(H,19,20)(H2,16,17,18). The van der Waals surface area contributed by atoms with Gasteiger partial charge in [0.1, 0.15) is 5.82 Å². The number of hydrogen-bond acceptors (Lipinski definition) is 5. The Hall–Kier alpha value is -1.93. The Kier molecular flexibility index (Phi) is 4.29. The van der Waals surface area contributed by atoms with E-state index in [-0.39, 0.29) is 38.1 Å². The molecule has 0 unspecified atom stereocenters. The predicted molar refractivity (Wildman–Crippen MR) is 78.1 cm³/mol. The van der Waals surface area contributed by atoms with Gasteiger partial charge in [-0.15, -0.1) is 0 Å². The van der Waals surface area contributed by atoms with Crippen molar-refractivity contribution in [1.29, 1.82) is 0 Å². The van der Waals surface area contributed by atoms with E-state index in [1.165, 1.54) is 19.2 Å². The van der Waals surface area contributed by atoms with Crippen molar-refractivity contribution < 1.29 is 19.0 Å². The van der Waals surface area contributed by atoms with Crippen molar-refractivity contribution in [2.24, 2.45) is 0 Å². The molecule has 0 saturated carbocycles. The number of anilines is 1. The highest BCUT2D eigenvalue weighted by atomic mass is 79.9. The second-order valence-electron chi connectivity index (χ2n) is 3.84. The Morgan fingerprint density at radius 3 is 2.71 bits per heavy atom. The zero-order valence-corrected chi connectivity index (χ0v) is 12.9. The second kappa shape index (κ2) is 5.82. The predicted octanol–water partition coefficient (Wildman–Crippen LogP) is 2.99. The molecular weight excluding hydrogens is 369 g/mol. The number of nitrogens with zero attached hydrogens (tertiary/aromatic N) is 2. The van der Waals surface area contributed by atoms with E-state index in [9.17, 15) is 9.18 Å². The van der Waals surface area contributed by atoms with Crippen LogP contribution in [0.1, 0.15) is 10.5 Å². The summed E-state index contributed by atoms with van der Waals surface area (Å²) >= 11 is 8.77. The maximum atomic E-state index is 14.3. The fourth-order valence-corrected chi connectivity index (χ4v) is 2.19. The summed E-state index contributed by atoms with van der Waals surface area (Å²) in [4.78, 5) is 18.8. The molecule has 1 aromatic carbocycles. The minimum atomic E-state index is -1.32. The Morgan fingerprint density at radius 2 is 2.14 bits per heavy atom. The van der Waals surface area contributed by atoms with Crippen LogP contribution in [0.25, 0.3) is 11.4 Å². The number of carboxylic acids is 1. The molecule has 0 amide bonds. The number of rotatable bonds is 3. The number of halogens is 3. The first kappa shape index (κ1) is 15.5. The number of hydrogen-bond donors (Lipinski definition) is 2. The van der Waals surface area contributed by atoms with Crippen LogP contribution in [0.15, 0.2) is 16.6 Å². The first-order valence-electron chi connectivity index (χ1n) is 5.45. The number of aromatic carboxylic acids is 1. The fraction of sp³-hybridized carbons (Fsp3) is 0.0833. The topological polar surface area (TPSA) is 98.3 Å². The molecule has 0 radical (unpaired) electrons. The molecule has 0 fully saturated rings. The van der Waals surface area contributed by atoms with Crippen LogP contribution < -0.4 is 10.5 Å². The van der Waals surface area contributed by atoms with Gasteiger partial charge in [-0.05, 0) is 28.1 Å². The molecule has 2 rings (SSSR count). The molecule has 0 saturated heterocycles. The summed E-state index contributed by atoms with van der Waals surface area (Å²) < 4.78 is 19.2. The quantitative estimate of drug-likeness (QED) is 0.854. The summed E-state index contributed by atoms with van der Waals surface area (Å²) in [5, 5.41) is 9.13. The van der Waals surface area contributed by atoms with Gasteiger partial charge >= 0.3 is 5.97 Å². The van der Waals surface area contributed by atoms with Gasteiger partial charge in [0.2, 0.25) is 0 Å². The summed E-state index contributed by atoms with van der Waals surface area (Å²) in [7, 11) is 1.26. The summed E-state index contributed by atoms with van der Waals surface area (Å²) in [6.45, 7) is 0. The molecule has 0 aliphatic rings. The maximum Gasteiger partial charge on any atom is 0.355 e. The third kappa shape index (κ3) is 2.77. The van der Waals surface area contributed by atoms with Crippen molar-refractivity contribution in [3.05, 3.63) is 33.1 Å². The number of benzene rings is 1. The molecule has 110 valence electrons. The second-order valence-corrected chi connectivity index (χ2v) is 5.04. The lowest BCUT2D eigenvalue weighted by molar-refractivity contribution is 0.0689. The van der Waals surface area contributed by atoms with Crippen LogP contribution >= 0.6 is 27.5 Å². The molecule has 6 nitrogen and oxygen atoms in total.